The lowest BCUT2D eigenvalue weighted by atomic mass is 10.2. The van der Waals surface area contributed by atoms with Gasteiger partial charge in [-0.05, 0) is 19.3 Å². The van der Waals surface area contributed by atoms with Crippen LogP contribution in [0.25, 0.3) is 0 Å². The van der Waals surface area contributed by atoms with Crippen molar-refractivity contribution >= 4 is 24.1 Å². The Morgan fingerprint density at radius 2 is 2.43 bits per heavy atom. The molecule has 0 radical (unpaired) electrons. The van der Waals surface area contributed by atoms with Crippen LogP contribution in [0.4, 0.5) is 5.82 Å². The monoisotopic (exact) mass is 214 g/mol. The second-order valence-electron chi connectivity index (χ2n) is 3.41. The van der Waals surface area contributed by atoms with Crippen molar-refractivity contribution in [1.29, 1.82) is 0 Å². The number of hydrogen-bond acceptors (Lipinski definition) is 2. The minimum Gasteiger partial charge on any atom is -0.387 e. The van der Waals surface area contributed by atoms with E-state index in [1.54, 1.807) is 6.20 Å². The molecule has 1 saturated carbocycles. The minimum absolute atomic E-state index is 0. The number of H-pyrrole nitrogens is 1. The van der Waals surface area contributed by atoms with Crippen LogP contribution in [0.5, 0.6) is 0 Å². The second-order valence-corrected chi connectivity index (χ2v) is 3.41. The minimum atomic E-state index is 0. The van der Waals surface area contributed by atoms with E-state index in [0.29, 0.717) is 5.92 Å². The van der Waals surface area contributed by atoms with E-state index < -0.39 is 0 Å². The summed E-state index contributed by atoms with van der Waals surface area (Å²) in [4.78, 5) is 4.33. The normalized spacial score (nSPS) is 16.5. The van der Waals surface area contributed by atoms with Gasteiger partial charge in [-0.1, -0.05) is 6.92 Å². The molecule has 1 aliphatic carbocycles. The van der Waals surface area contributed by atoms with Crippen LogP contribution >= 0.6 is 12.4 Å². The molecule has 14 heavy (non-hydrogen) atoms. The summed E-state index contributed by atoms with van der Waals surface area (Å²) in [5.74, 6) is 2.10. The molecule has 0 unspecified atom stereocenters. The summed E-state index contributed by atoms with van der Waals surface area (Å²) in [5.41, 5.74) is 6.92. The number of nitrogens with one attached hydrogen (secondary N) is 1. The van der Waals surface area contributed by atoms with Gasteiger partial charge in [0.25, 0.3) is 0 Å². The largest absolute Gasteiger partial charge is 0.387 e. The molecule has 1 heterocycles. The molecule has 1 aromatic rings. The zero-order chi connectivity index (χ0) is 9.26. The number of aryl methyl sites for hydroxylation is 1. The number of hydrogen-bond donors (Lipinski definition) is 2. The molecule has 2 rings (SSSR count). The quantitative estimate of drug-likeness (QED) is 0.595. The van der Waals surface area contributed by atoms with Crippen molar-refractivity contribution in [2.24, 2.45) is 16.6 Å². The van der Waals surface area contributed by atoms with Gasteiger partial charge in [-0.3, -0.25) is 5.10 Å². The van der Waals surface area contributed by atoms with Crippen LogP contribution in [-0.2, 0) is 6.42 Å². The first-order chi connectivity index (χ1) is 6.31. The number of aromatic nitrogens is 2. The van der Waals surface area contributed by atoms with Crippen LogP contribution in [-0.4, -0.2) is 16.0 Å². The van der Waals surface area contributed by atoms with E-state index in [-0.39, 0.29) is 12.4 Å². The summed E-state index contributed by atoms with van der Waals surface area (Å²) in [7, 11) is 0. The average Bonchev–Trinajstić information content (AvgIpc) is 2.88. The van der Waals surface area contributed by atoms with Gasteiger partial charge in [0.2, 0.25) is 0 Å². The molecule has 0 saturated heterocycles. The summed E-state index contributed by atoms with van der Waals surface area (Å²) in [6.45, 7) is 2.08. The zero-order valence-corrected chi connectivity index (χ0v) is 8.97. The van der Waals surface area contributed by atoms with E-state index in [1.807, 2.05) is 0 Å². The van der Waals surface area contributed by atoms with Crippen molar-refractivity contribution < 1.29 is 0 Å². The van der Waals surface area contributed by atoms with Crippen LogP contribution in [0.15, 0.2) is 11.2 Å². The number of aliphatic imine (C=N–C) groups is 1. The van der Waals surface area contributed by atoms with Crippen LogP contribution in [0, 0.1) is 5.92 Å². The van der Waals surface area contributed by atoms with Crippen molar-refractivity contribution in [3.63, 3.8) is 0 Å². The van der Waals surface area contributed by atoms with Crippen LogP contribution < -0.4 is 5.73 Å². The fraction of sp³-hybridized carbons (Fsp3) is 0.556. The van der Waals surface area contributed by atoms with Gasteiger partial charge in [-0.2, -0.15) is 5.10 Å². The van der Waals surface area contributed by atoms with Gasteiger partial charge in [0.15, 0.2) is 5.82 Å². The molecule has 1 aromatic heterocycles. The molecule has 0 amide bonds. The molecule has 0 atom stereocenters. The Labute approximate surface area is 89.4 Å². The molecule has 78 valence electrons. The number of nitrogens with zero attached hydrogens (tertiary/aromatic N) is 2. The molecule has 4 nitrogen and oxygen atoms in total. The highest BCUT2D eigenvalue weighted by Gasteiger charge is 2.25. The third-order valence-electron chi connectivity index (χ3n) is 2.31. The fourth-order valence-electron chi connectivity index (χ4n) is 1.26. The van der Waals surface area contributed by atoms with E-state index in [9.17, 15) is 0 Å². The number of aromatic amines is 1. The zero-order valence-electron chi connectivity index (χ0n) is 8.16. The first-order valence-electron chi connectivity index (χ1n) is 4.67. The maximum absolute atomic E-state index is 5.80. The highest BCUT2D eigenvalue weighted by Crippen LogP contribution is 2.30. The summed E-state index contributed by atoms with van der Waals surface area (Å²) >= 11 is 0. The third-order valence-corrected chi connectivity index (χ3v) is 2.31. The van der Waals surface area contributed by atoms with Gasteiger partial charge in [0.05, 0.1) is 6.20 Å². The van der Waals surface area contributed by atoms with Gasteiger partial charge in [0, 0.05) is 11.5 Å². The number of halogens is 1. The molecule has 5 heteroatoms. The summed E-state index contributed by atoms with van der Waals surface area (Å²) in [6.07, 6.45) is 5.11. The van der Waals surface area contributed by atoms with Gasteiger partial charge < -0.3 is 5.73 Å². The van der Waals surface area contributed by atoms with Crippen molar-refractivity contribution in [3.8, 4) is 0 Å². The van der Waals surface area contributed by atoms with Gasteiger partial charge in [-0.25, -0.2) is 4.99 Å². The second kappa shape index (κ2) is 4.46. The van der Waals surface area contributed by atoms with Crippen molar-refractivity contribution in [2.75, 3.05) is 0 Å². The van der Waals surface area contributed by atoms with Crippen molar-refractivity contribution in [1.82, 2.24) is 10.2 Å². The van der Waals surface area contributed by atoms with Crippen LogP contribution in [0.3, 0.4) is 0 Å². The molecule has 1 aliphatic rings. The molecule has 0 aliphatic heterocycles. The molecular formula is C9H15ClN4. The topological polar surface area (TPSA) is 67.1 Å². The lowest BCUT2D eigenvalue weighted by Crippen LogP contribution is -2.13. The highest BCUT2D eigenvalue weighted by atomic mass is 35.5. The van der Waals surface area contributed by atoms with E-state index in [0.717, 1.165) is 23.6 Å². The first kappa shape index (κ1) is 11.0. The van der Waals surface area contributed by atoms with Crippen molar-refractivity contribution in [2.45, 2.75) is 26.2 Å². The lowest BCUT2D eigenvalue weighted by molar-refractivity contribution is 1.07. The molecule has 0 bridgehead atoms. The van der Waals surface area contributed by atoms with Gasteiger partial charge in [-0.15, -0.1) is 12.4 Å². The van der Waals surface area contributed by atoms with Gasteiger partial charge >= 0.3 is 0 Å². The Morgan fingerprint density at radius 1 is 1.71 bits per heavy atom. The molecule has 0 aromatic carbocycles. The van der Waals surface area contributed by atoms with Gasteiger partial charge in [0.1, 0.15) is 5.84 Å². The smallest absolute Gasteiger partial charge is 0.153 e. The summed E-state index contributed by atoms with van der Waals surface area (Å²) in [5, 5.41) is 6.79. The van der Waals surface area contributed by atoms with Crippen LogP contribution in [0.1, 0.15) is 25.3 Å². The van der Waals surface area contributed by atoms with Crippen LogP contribution in [0.2, 0.25) is 0 Å². The average molecular weight is 215 g/mol. The maximum Gasteiger partial charge on any atom is 0.153 e. The predicted octanol–water partition coefficient (Wildman–Crippen LogP) is 1.79. The Hall–Kier alpha value is -1.03. The predicted molar refractivity (Wildman–Crippen MR) is 59.2 cm³/mol. The first-order valence-corrected chi connectivity index (χ1v) is 4.67. The SMILES string of the molecule is CCc1cn[nH]c1N=C(N)C1CC1.Cl. The number of rotatable bonds is 3. The highest BCUT2D eigenvalue weighted by molar-refractivity contribution is 5.87. The van der Waals surface area contributed by atoms with E-state index >= 15 is 0 Å². The van der Waals surface area contributed by atoms with E-state index in [1.165, 1.54) is 12.8 Å². The fourth-order valence-corrected chi connectivity index (χ4v) is 1.26. The lowest BCUT2D eigenvalue weighted by Gasteiger charge is -1.96. The Balaban J connectivity index is 0.000000980. The molecular weight excluding hydrogens is 200 g/mol. The third kappa shape index (κ3) is 2.26. The standard InChI is InChI=1S/C9H14N4.ClH/c1-2-6-5-11-13-9(6)12-8(10)7-3-4-7;/h5,7H,2-4H2,1H3,(H3,10,11,12,13);1H. The molecule has 1 fully saturated rings. The number of nitrogens with two attached hydrogens (primary N) is 1. The Kier molecular flexibility index (Phi) is 3.52. The summed E-state index contributed by atoms with van der Waals surface area (Å²) in [6, 6.07) is 0. The Bertz CT molecular complexity index is 327. The summed E-state index contributed by atoms with van der Waals surface area (Å²) < 4.78 is 0. The van der Waals surface area contributed by atoms with E-state index in [2.05, 4.69) is 22.1 Å². The number of amidine groups is 1. The molecule has 3 N–H and O–H groups in total. The Morgan fingerprint density at radius 3 is 3.00 bits per heavy atom. The molecule has 0 spiro atoms. The van der Waals surface area contributed by atoms with E-state index in [4.69, 9.17) is 5.73 Å². The maximum atomic E-state index is 5.80. The van der Waals surface area contributed by atoms with Crippen molar-refractivity contribution in [3.05, 3.63) is 11.8 Å².